The maximum atomic E-state index is 13.5. The zero-order chi connectivity index (χ0) is 29.5. The van der Waals surface area contributed by atoms with Gasteiger partial charge in [0, 0.05) is 59.6 Å². The first-order valence-electron chi connectivity index (χ1n) is 14.1. The molecule has 9 nitrogen and oxygen atoms in total. The number of hydrogen-bond acceptors (Lipinski definition) is 7. The fourth-order valence-corrected chi connectivity index (χ4v) is 6.83. The highest BCUT2D eigenvalue weighted by molar-refractivity contribution is 6.22. The van der Waals surface area contributed by atoms with E-state index in [-0.39, 0.29) is 24.7 Å². The minimum Gasteiger partial charge on any atom is -0.390 e. The van der Waals surface area contributed by atoms with E-state index in [9.17, 15) is 14.7 Å². The molecule has 0 saturated heterocycles. The number of aliphatic hydroxyl groups is 1. The maximum Gasteiger partial charge on any atom is 0.262 e. The SMILES string of the molecule is Cc1cc2ncc3cc(-c4cccnc4)c(-c4ccc([C@]5(N6C(=O)c7ccccc7C6=O)C[C@@](C)(O)C5)cc4)nc3n2n1. The second-order valence-corrected chi connectivity index (χ2v) is 11.8. The Hall–Kier alpha value is -5.28. The molecule has 0 atom stereocenters. The van der Waals surface area contributed by atoms with E-state index in [1.165, 1.54) is 4.90 Å². The number of nitrogens with zero attached hydrogens (tertiary/aromatic N) is 6. The topological polar surface area (TPSA) is 114 Å². The molecule has 8 rings (SSSR count). The first-order valence-corrected chi connectivity index (χ1v) is 14.1. The van der Waals surface area contributed by atoms with Crippen molar-refractivity contribution in [3.63, 3.8) is 0 Å². The summed E-state index contributed by atoms with van der Waals surface area (Å²) in [5.74, 6) is -0.662. The van der Waals surface area contributed by atoms with Crippen LogP contribution in [0, 0.1) is 6.92 Å². The van der Waals surface area contributed by atoms with Crippen LogP contribution in [0.4, 0.5) is 0 Å². The average Bonchev–Trinajstić information content (AvgIpc) is 3.52. The molecule has 0 radical (unpaired) electrons. The van der Waals surface area contributed by atoms with Gasteiger partial charge in [-0.05, 0) is 43.7 Å². The van der Waals surface area contributed by atoms with Crippen LogP contribution in [-0.4, -0.2) is 52.0 Å². The number of amides is 2. The van der Waals surface area contributed by atoms with E-state index in [1.807, 2.05) is 49.4 Å². The molecular weight excluding hydrogens is 540 g/mol. The van der Waals surface area contributed by atoms with E-state index in [1.54, 1.807) is 54.3 Å². The average molecular weight is 567 g/mol. The second kappa shape index (κ2) is 8.86. The van der Waals surface area contributed by atoms with Gasteiger partial charge in [0.2, 0.25) is 0 Å². The monoisotopic (exact) mass is 566 g/mol. The third-order valence-electron chi connectivity index (χ3n) is 8.62. The van der Waals surface area contributed by atoms with Gasteiger partial charge in [-0.1, -0.05) is 42.5 Å². The normalized spacial score (nSPS) is 21.4. The Morgan fingerprint density at radius 2 is 1.56 bits per heavy atom. The van der Waals surface area contributed by atoms with Crippen molar-refractivity contribution in [2.75, 3.05) is 0 Å². The lowest BCUT2D eigenvalue weighted by Gasteiger charge is -2.55. The Morgan fingerprint density at radius 3 is 2.21 bits per heavy atom. The van der Waals surface area contributed by atoms with Crippen molar-refractivity contribution in [3.05, 3.63) is 114 Å². The second-order valence-electron chi connectivity index (χ2n) is 11.8. The molecule has 210 valence electrons. The van der Waals surface area contributed by atoms with Crippen molar-refractivity contribution < 1.29 is 14.7 Å². The van der Waals surface area contributed by atoms with E-state index < -0.39 is 11.1 Å². The van der Waals surface area contributed by atoms with Gasteiger partial charge in [0.05, 0.1) is 33.7 Å². The highest BCUT2D eigenvalue weighted by Crippen LogP contribution is 2.54. The maximum absolute atomic E-state index is 13.5. The zero-order valence-electron chi connectivity index (χ0n) is 23.5. The van der Waals surface area contributed by atoms with Crippen molar-refractivity contribution in [1.29, 1.82) is 0 Å². The molecule has 1 N–H and O–H groups in total. The van der Waals surface area contributed by atoms with Gasteiger partial charge >= 0.3 is 0 Å². The van der Waals surface area contributed by atoms with E-state index in [2.05, 4.69) is 21.1 Å². The van der Waals surface area contributed by atoms with Gasteiger partial charge in [0.1, 0.15) is 0 Å². The molecule has 1 saturated carbocycles. The van der Waals surface area contributed by atoms with Crippen LogP contribution in [0.3, 0.4) is 0 Å². The van der Waals surface area contributed by atoms with E-state index in [4.69, 9.17) is 4.98 Å². The van der Waals surface area contributed by atoms with Crippen molar-refractivity contribution in [2.24, 2.45) is 0 Å². The highest BCUT2D eigenvalue weighted by Gasteiger charge is 2.60. The van der Waals surface area contributed by atoms with Crippen LogP contribution in [0.1, 0.15) is 51.7 Å². The number of fused-ring (bicyclic) bond motifs is 4. The number of hydrogen-bond donors (Lipinski definition) is 1. The summed E-state index contributed by atoms with van der Waals surface area (Å²) in [5, 5.41) is 16.3. The van der Waals surface area contributed by atoms with Crippen LogP contribution < -0.4 is 0 Å². The van der Waals surface area contributed by atoms with Crippen molar-refractivity contribution in [1.82, 2.24) is 29.5 Å². The van der Waals surface area contributed by atoms with Crippen LogP contribution in [0.5, 0.6) is 0 Å². The van der Waals surface area contributed by atoms with Crippen LogP contribution in [0.15, 0.2) is 91.4 Å². The van der Waals surface area contributed by atoms with Crippen LogP contribution in [0.2, 0.25) is 0 Å². The summed E-state index contributed by atoms with van der Waals surface area (Å²) in [6.45, 7) is 3.66. The van der Waals surface area contributed by atoms with Gasteiger partial charge in [-0.2, -0.15) is 9.61 Å². The largest absolute Gasteiger partial charge is 0.390 e. The molecule has 1 fully saturated rings. The van der Waals surface area contributed by atoms with Gasteiger partial charge in [-0.15, -0.1) is 0 Å². The number of rotatable bonds is 4. The minimum absolute atomic E-state index is 0.254. The van der Waals surface area contributed by atoms with Gasteiger partial charge in [0.25, 0.3) is 11.8 Å². The van der Waals surface area contributed by atoms with E-state index >= 15 is 0 Å². The number of pyridine rings is 2. The fourth-order valence-electron chi connectivity index (χ4n) is 6.83. The summed E-state index contributed by atoms with van der Waals surface area (Å²) in [6.07, 6.45) is 5.85. The Morgan fingerprint density at radius 1 is 0.837 bits per heavy atom. The highest BCUT2D eigenvalue weighted by atomic mass is 16.3. The lowest BCUT2D eigenvalue weighted by Crippen LogP contribution is -2.63. The van der Waals surface area contributed by atoms with Gasteiger partial charge in [-0.3, -0.25) is 19.5 Å². The molecule has 0 unspecified atom stereocenters. The number of carbonyl (C=O) groups excluding carboxylic acids is 2. The Balaban J connectivity index is 1.27. The lowest BCUT2D eigenvalue weighted by atomic mass is 9.61. The number of benzene rings is 2. The van der Waals surface area contributed by atoms with Gasteiger partial charge in [0.15, 0.2) is 11.3 Å². The summed E-state index contributed by atoms with van der Waals surface area (Å²) in [7, 11) is 0. The summed E-state index contributed by atoms with van der Waals surface area (Å²) in [4.78, 5) is 42.5. The van der Waals surface area contributed by atoms with Crippen LogP contribution in [0.25, 0.3) is 39.1 Å². The predicted molar refractivity (Wildman–Crippen MR) is 160 cm³/mol. The molecule has 0 spiro atoms. The first kappa shape index (κ1) is 25.4. The minimum atomic E-state index is -0.997. The number of aryl methyl sites for hydroxylation is 1. The lowest BCUT2D eigenvalue weighted by molar-refractivity contribution is -0.118. The summed E-state index contributed by atoms with van der Waals surface area (Å²) < 4.78 is 1.75. The zero-order valence-corrected chi connectivity index (χ0v) is 23.5. The molecule has 1 aliphatic carbocycles. The quantitative estimate of drug-likeness (QED) is 0.286. The number of imide groups is 1. The summed E-state index contributed by atoms with van der Waals surface area (Å²) >= 11 is 0. The predicted octanol–water partition coefficient (Wildman–Crippen LogP) is 5.35. The van der Waals surface area contributed by atoms with Crippen LogP contribution >= 0.6 is 0 Å². The van der Waals surface area contributed by atoms with Crippen molar-refractivity contribution in [3.8, 4) is 22.4 Å². The van der Waals surface area contributed by atoms with E-state index in [0.717, 1.165) is 39.0 Å². The number of carbonyl (C=O) groups is 2. The summed E-state index contributed by atoms with van der Waals surface area (Å²) in [5.41, 5.74) is 5.25. The van der Waals surface area contributed by atoms with Gasteiger partial charge < -0.3 is 5.11 Å². The van der Waals surface area contributed by atoms with E-state index in [0.29, 0.717) is 22.4 Å². The Kier molecular flexibility index (Phi) is 5.24. The van der Waals surface area contributed by atoms with Crippen LogP contribution in [-0.2, 0) is 5.54 Å². The molecule has 6 aromatic rings. The van der Waals surface area contributed by atoms with Crippen molar-refractivity contribution >= 4 is 28.5 Å². The molecule has 2 amide bonds. The first-order chi connectivity index (χ1) is 20.7. The third kappa shape index (κ3) is 3.74. The Bertz CT molecular complexity index is 2080. The molecule has 5 heterocycles. The molecule has 43 heavy (non-hydrogen) atoms. The molecule has 2 aromatic carbocycles. The smallest absolute Gasteiger partial charge is 0.262 e. The number of aromatic nitrogens is 5. The van der Waals surface area contributed by atoms with Gasteiger partial charge in [-0.25, -0.2) is 9.97 Å². The molecule has 1 aliphatic heterocycles. The van der Waals surface area contributed by atoms with Crippen molar-refractivity contribution in [2.45, 2.75) is 37.8 Å². The summed E-state index contributed by atoms with van der Waals surface area (Å²) in [6, 6.07) is 22.5. The molecule has 4 aromatic heterocycles. The molecule has 9 heteroatoms. The fraction of sp³-hybridized carbons (Fsp3) is 0.176. The molecule has 0 bridgehead atoms. The Labute approximate surface area is 246 Å². The third-order valence-corrected chi connectivity index (χ3v) is 8.62. The molecular formula is C34H26N6O3. The molecule has 2 aliphatic rings. The standard InChI is InChI=1S/C34H26N6O3/c1-20-14-28-36-17-23-15-27(22-6-5-13-35-16-22)29(37-30(23)40(28)38-20)21-9-11-24(12-10-21)34(18-33(2,43)19-34)39-31(41)25-7-3-4-8-26(25)32(39)42/h3-17,43H,18-19H2,1-2H3/t33-,34+.